The van der Waals surface area contributed by atoms with Gasteiger partial charge in [0, 0.05) is 19.1 Å². The standard InChI is InChI=1S/C12H19FN2/c1-10(15(2)8-7-14)9-11-3-5-12(13)6-4-11/h3-6,10H,7-9,14H2,1-2H3. The first-order valence-electron chi connectivity index (χ1n) is 5.28. The monoisotopic (exact) mass is 210 g/mol. The normalized spacial score (nSPS) is 13.1. The number of hydrogen-bond acceptors (Lipinski definition) is 2. The molecule has 1 aromatic rings. The minimum atomic E-state index is -0.179. The van der Waals surface area contributed by atoms with E-state index in [4.69, 9.17) is 5.73 Å². The highest BCUT2D eigenvalue weighted by molar-refractivity contribution is 5.16. The first-order chi connectivity index (χ1) is 7.13. The van der Waals surface area contributed by atoms with Gasteiger partial charge in [-0.15, -0.1) is 0 Å². The van der Waals surface area contributed by atoms with E-state index < -0.39 is 0 Å². The fraction of sp³-hybridized carbons (Fsp3) is 0.500. The van der Waals surface area contributed by atoms with Crippen molar-refractivity contribution in [3.8, 4) is 0 Å². The molecule has 1 unspecified atom stereocenters. The number of nitrogens with zero attached hydrogens (tertiary/aromatic N) is 1. The summed E-state index contributed by atoms with van der Waals surface area (Å²) in [5.74, 6) is -0.179. The van der Waals surface area contributed by atoms with E-state index in [0.29, 0.717) is 12.6 Å². The molecule has 2 nitrogen and oxygen atoms in total. The lowest BCUT2D eigenvalue weighted by molar-refractivity contribution is 0.263. The fourth-order valence-electron chi connectivity index (χ4n) is 1.54. The van der Waals surface area contributed by atoms with Crippen molar-refractivity contribution in [2.75, 3.05) is 20.1 Å². The Bertz CT molecular complexity index is 284. The minimum absolute atomic E-state index is 0.179. The third-order valence-corrected chi connectivity index (χ3v) is 2.68. The molecule has 1 aromatic carbocycles. The van der Waals surface area contributed by atoms with Crippen molar-refractivity contribution in [2.24, 2.45) is 5.73 Å². The van der Waals surface area contributed by atoms with Gasteiger partial charge in [-0.25, -0.2) is 4.39 Å². The lowest BCUT2D eigenvalue weighted by Gasteiger charge is -2.24. The van der Waals surface area contributed by atoms with Crippen LogP contribution in [-0.4, -0.2) is 31.1 Å². The van der Waals surface area contributed by atoms with Gasteiger partial charge in [-0.3, -0.25) is 0 Å². The number of benzene rings is 1. The Labute approximate surface area is 90.9 Å². The Kier molecular flexibility index (Phi) is 4.72. The van der Waals surface area contributed by atoms with Gasteiger partial charge in [0.05, 0.1) is 0 Å². The van der Waals surface area contributed by atoms with Crippen molar-refractivity contribution in [3.05, 3.63) is 35.6 Å². The van der Waals surface area contributed by atoms with Gasteiger partial charge in [0.15, 0.2) is 0 Å². The Balaban J connectivity index is 2.50. The summed E-state index contributed by atoms with van der Waals surface area (Å²) in [6.45, 7) is 3.71. The molecule has 15 heavy (non-hydrogen) atoms. The molecule has 0 aliphatic heterocycles. The van der Waals surface area contributed by atoms with Gasteiger partial charge in [-0.05, 0) is 38.1 Å². The molecule has 0 fully saturated rings. The zero-order valence-corrected chi connectivity index (χ0v) is 9.41. The van der Waals surface area contributed by atoms with E-state index in [1.165, 1.54) is 12.1 Å². The van der Waals surface area contributed by atoms with E-state index in [2.05, 4.69) is 18.9 Å². The zero-order chi connectivity index (χ0) is 11.3. The summed E-state index contributed by atoms with van der Waals surface area (Å²) in [5.41, 5.74) is 6.65. The molecule has 0 bridgehead atoms. The van der Waals surface area contributed by atoms with Gasteiger partial charge in [-0.2, -0.15) is 0 Å². The summed E-state index contributed by atoms with van der Waals surface area (Å²) < 4.78 is 12.7. The van der Waals surface area contributed by atoms with Gasteiger partial charge in [0.1, 0.15) is 5.82 Å². The maximum absolute atomic E-state index is 12.7. The van der Waals surface area contributed by atoms with Crippen molar-refractivity contribution in [1.29, 1.82) is 0 Å². The topological polar surface area (TPSA) is 29.3 Å². The summed E-state index contributed by atoms with van der Waals surface area (Å²) in [5, 5.41) is 0. The molecular weight excluding hydrogens is 191 g/mol. The second-order valence-corrected chi connectivity index (χ2v) is 3.95. The minimum Gasteiger partial charge on any atom is -0.329 e. The SMILES string of the molecule is CC(Cc1ccc(F)cc1)N(C)CCN. The summed E-state index contributed by atoms with van der Waals surface area (Å²) >= 11 is 0. The quantitative estimate of drug-likeness (QED) is 0.800. The molecule has 1 rings (SSSR count). The van der Waals surface area contributed by atoms with Crippen molar-refractivity contribution in [1.82, 2.24) is 4.90 Å². The molecule has 0 spiro atoms. The number of hydrogen-bond donors (Lipinski definition) is 1. The lowest BCUT2D eigenvalue weighted by atomic mass is 10.1. The average molecular weight is 210 g/mol. The fourth-order valence-corrected chi connectivity index (χ4v) is 1.54. The molecule has 2 N–H and O–H groups in total. The molecular formula is C12H19FN2. The van der Waals surface area contributed by atoms with Crippen LogP contribution < -0.4 is 5.73 Å². The second kappa shape index (κ2) is 5.83. The highest BCUT2D eigenvalue weighted by Crippen LogP contribution is 2.08. The molecule has 0 saturated carbocycles. The van der Waals surface area contributed by atoms with E-state index in [1.54, 1.807) is 0 Å². The van der Waals surface area contributed by atoms with Crippen LogP contribution in [0.1, 0.15) is 12.5 Å². The van der Waals surface area contributed by atoms with Gasteiger partial charge < -0.3 is 10.6 Å². The lowest BCUT2D eigenvalue weighted by Crippen LogP contribution is -2.34. The van der Waals surface area contributed by atoms with E-state index in [1.807, 2.05) is 12.1 Å². The second-order valence-electron chi connectivity index (χ2n) is 3.95. The Morgan fingerprint density at radius 2 is 1.93 bits per heavy atom. The average Bonchev–Trinajstić information content (AvgIpc) is 2.22. The number of halogens is 1. The third-order valence-electron chi connectivity index (χ3n) is 2.68. The molecule has 1 atom stereocenters. The van der Waals surface area contributed by atoms with Crippen LogP contribution in [0, 0.1) is 5.82 Å². The van der Waals surface area contributed by atoms with Crippen LogP contribution in [0.3, 0.4) is 0 Å². The van der Waals surface area contributed by atoms with Crippen LogP contribution in [0.5, 0.6) is 0 Å². The summed E-state index contributed by atoms with van der Waals surface area (Å²) in [6, 6.07) is 7.11. The van der Waals surface area contributed by atoms with Crippen LogP contribution in [0.25, 0.3) is 0 Å². The van der Waals surface area contributed by atoms with Gasteiger partial charge >= 0.3 is 0 Å². The predicted octanol–water partition coefficient (Wildman–Crippen LogP) is 1.65. The van der Waals surface area contributed by atoms with Crippen LogP contribution in [0.15, 0.2) is 24.3 Å². The third kappa shape index (κ3) is 3.98. The smallest absolute Gasteiger partial charge is 0.123 e. The predicted molar refractivity (Wildman–Crippen MR) is 61.3 cm³/mol. The highest BCUT2D eigenvalue weighted by atomic mass is 19.1. The Morgan fingerprint density at radius 3 is 2.47 bits per heavy atom. The maximum atomic E-state index is 12.7. The van der Waals surface area contributed by atoms with E-state index in [9.17, 15) is 4.39 Å². The molecule has 0 amide bonds. The van der Waals surface area contributed by atoms with Crippen LogP contribution in [0.2, 0.25) is 0 Å². The Hall–Kier alpha value is -0.930. The molecule has 0 radical (unpaired) electrons. The van der Waals surface area contributed by atoms with Crippen molar-refractivity contribution in [2.45, 2.75) is 19.4 Å². The van der Waals surface area contributed by atoms with Crippen molar-refractivity contribution >= 4 is 0 Å². The Morgan fingerprint density at radius 1 is 1.33 bits per heavy atom. The molecule has 0 aliphatic carbocycles. The summed E-state index contributed by atoms with van der Waals surface area (Å²) in [6.07, 6.45) is 0.927. The van der Waals surface area contributed by atoms with Gasteiger partial charge in [-0.1, -0.05) is 12.1 Å². The molecule has 0 aromatic heterocycles. The van der Waals surface area contributed by atoms with Gasteiger partial charge in [0.2, 0.25) is 0 Å². The maximum Gasteiger partial charge on any atom is 0.123 e. The van der Waals surface area contributed by atoms with E-state index >= 15 is 0 Å². The van der Waals surface area contributed by atoms with Crippen molar-refractivity contribution in [3.63, 3.8) is 0 Å². The summed E-state index contributed by atoms with van der Waals surface area (Å²) in [4.78, 5) is 2.21. The highest BCUT2D eigenvalue weighted by Gasteiger charge is 2.08. The molecule has 0 heterocycles. The largest absolute Gasteiger partial charge is 0.329 e. The number of nitrogens with two attached hydrogens (primary N) is 1. The van der Waals surface area contributed by atoms with Gasteiger partial charge in [0.25, 0.3) is 0 Å². The zero-order valence-electron chi connectivity index (χ0n) is 9.41. The van der Waals surface area contributed by atoms with Crippen LogP contribution in [-0.2, 0) is 6.42 Å². The molecule has 0 saturated heterocycles. The number of likely N-dealkylation sites (N-methyl/N-ethyl adjacent to an activating group) is 1. The summed E-state index contributed by atoms with van der Waals surface area (Å²) in [7, 11) is 2.06. The first-order valence-corrected chi connectivity index (χ1v) is 5.28. The molecule has 3 heteroatoms. The molecule has 0 aliphatic rings. The number of rotatable bonds is 5. The first kappa shape index (κ1) is 12.1. The van der Waals surface area contributed by atoms with E-state index in [-0.39, 0.29) is 5.82 Å². The van der Waals surface area contributed by atoms with E-state index in [0.717, 1.165) is 18.5 Å². The van der Waals surface area contributed by atoms with Crippen molar-refractivity contribution < 1.29 is 4.39 Å². The van der Waals surface area contributed by atoms with Crippen LogP contribution in [0.4, 0.5) is 4.39 Å². The molecule has 84 valence electrons. The van der Waals surface area contributed by atoms with Crippen LogP contribution >= 0.6 is 0 Å².